The summed E-state index contributed by atoms with van der Waals surface area (Å²) in [7, 11) is -3.92. The second-order valence-corrected chi connectivity index (χ2v) is 6.06. The van der Waals surface area contributed by atoms with E-state index in [4.69, 9.17) is 18.0 Å². The second kappa shape index (κ2) is 8.10. The molecule has 8 nitrogen and oxygen atoms in total. The van der Waals surface area contributed by atoms with Crippen LogP contribution >= 0.6 is 0 Å². The minimum Gasteiger partial charge on any atom is -0.462 e. The van der Waals surface area contributed by atoms with Crippen molar-refractivity contribution in [1.82, 2.24) is 0 Å². The first-order chi connectivity index (χ1) is 9.20. The van der Waals surface area contributed by atoms with Crippen LogP contribution in [-0.4, -0.2) is 39.3 Å². The lowest BCUT2D eigenvalue weighted by Gasteiger charge is -2.25. The van der Waals surface area contributed by atoms with E-state index in [9.17, 15) is 19.2 Å². The Morgan fingerprint density at radius 2 is 1.35 bits per heavy atom. The van der Waals surface area contributed by atoms with Crippen LogP contribution in [0.4, 0.5) is 0 Å². The number of carbonyl (C=O) groups is 4. The van der Waals surface area contributed by atoms with Gasteiger partial charge < -0.3 is 18.0 Å². The Morgan fingerprint density at radius 3 is 1.65 bits per heavy atom. The fourth-order valence-electron chi connectivity index (χ4n) is 1.21. The van der Waals surface area contributed by atoms with Crippen LogP contribution in [-0.2, 0) is 37.2 Å². The maximum Gasteiger partial charge on any atom is 0.708 e. The molecule has 0 unspecified atom stereocenters. The Labute approximate surface area is 117 Å². The van der Waals surface area contributed by atoms with Crippen LogP contribution in [0, 0.1) is 0 Å². The smallest absolute Gasteiger partial charge is 0.462 e. The largest absolute Gasteiger partial charge is 0.708 e. The lowest BCUT2D eigenvalue weighted by Crippen LogP contribution is -2.50. The van der Waals surface area contributed by atoms with Crippen molar-refractivity contribution in [2.45, 2.75) is 26.8 Å². The van der Waals surface area contributed by atoms with Gasteiger partial charge in [-0.3, -0.25) is 14.4 Å². The molecule has 0 N–H and O–H groups in total. The summed E-state index contributed by atoms with van der Waals surface area (Å²) in [6, 6.07) is -0.231. The van der Waals surface area contributed by atoms with Crippen molar-refractivity contribution in [2.24, 2.45) is 0 Å². The normalized spacial score (nSPS) is 10.2. The quantitative estimate of drug-likeness (QED) is 0.377. The maximum absolute atomic E-state index is 11.1. The summed E-state index contributed by atoms with van der Waals surface area (Å²) < 4.78 is 19.3. The van der Waals surface area contributed by atoms with Gasteiger partial charge in [0, 0.05) is 26.8 Å². The minimum absolute atomic E-state index is 0.231. The van der Waals surface area contributed by atoms with E-state index in [0.29, 0.717) is 0 Å². The maximum atomic E-state index is 11.1. The van der Waals surface area contributed by atoms with Gasteiger partial charge >= 0.3 is 14.8 Å². The van der Waals surface area contributed by atoms with Crippen LogP contribution in [0.2, 0.25) is 6.04 Å². The van der Waals surface area contributed by atoms with Gasteiger partial charge in [0.2, 0.25) is 0 Å². The Balaban J connectivity index is 4.98. The molecule has 0 heterocycles. The molecule has 0 atom stereocenters. The molecule has 0 aliphatic rings. The van der Waals surface area contributed by atoms with E-state index in [1.165, 1.54) is 0 Å². The number of hydrogen-bond donors (Lipinski definition) is 0. The van der Waals surface area contributed by atoms with Crippen LogP contribution in [0.5, 0.6) is 0 Å². The molecule has 0 aromatic rings. The summed E-state index contributed by atoms with van der Waals surface area (Å²) >= 11 is 0. The zero-order valence-corrected chi connectivity index (χ0v) is 12.5. The second-order valence-electron chi connectivity index (χ2n) is 3.59. The first-order valence-corrected chi connectivity index (χ1v) is 7.52. The van der Waals surface area contributed by atoms with Gasteiger partial charge in [-0.15, -0.1) is 0 Å². The zero-order chi connectivity index (χ0) is 15.8. The predicted octanol–water partition coefficient (Wildman–Crippen LogP) is 0.344. The molecule has 0 saturated heterocycles. The van der Waals surface area contributed by atoms with Crippen molar-refractivity contribution in [2.75, 3.05) is 6.61 Å². The van der Waals surface area contributed by atoms with Crippen molar-refractivity contribution in [1.29, 1.82) is 0 Å². The molecule has 9 heteroatoms. The first kappa shape index (κ1) is 17.8. The van der Waals surface area contributed by atoms with Crippen molar-refractivity contribution in [3.05, 3.63) is 12.7 Å². The van der Waals surface area contributed by atoms with Gasteiger partial charge in [-0.2, -0.15) is 0 Å². The van der Waals surface area contributed by atoms with Crippen LogP contribution in [0.1, 0.15) is 20.8 Å². The molecule has 0 spiro atoms. The molecule has 0 aliphatic heterocycles. The molecule has 0 saturated carbocycles. The summed E-state index contributed by atoms with van der Waals surface area (Å²) in [4.78, 5) is 44.2. The Bertz CT molecular complexity index is 376. The van der Waals surface area contributed by atoms with Gasteiger partial charge in [-0.05, 0) is 0 Å². The summed E-state index contributed by atoms with van der Waals surface area (Å²) in [5.74, 6) is -3.06. The van der Waals surface area contributed by atoms with Crippen LogP contribution in [0.15, 0.2) is 12.7 Å². The Morgan fingerprint density at radius 1 is 0.950 bits per heavy atom. The lowest BCUT2D eigenvalue weighted by molar-refractivity contribution is -0.147. The molecular weight excluding hydrogens is 288 g/mol. The number of ether oxygens (including phenoxy) is 1. The SMILES string of the molecule is C=CC(=O)OCC[Si](OC(C)=O)(OC(C)=O)OC(C)=O. The molecule has 0 aliphatic carbocycles. The topological polar surface area (TPSA) is 105 Å². The van der Waals surface area contributed by atoms with Gasteiger partial charge in [0.15, 0.2) is 0 Å². The molecule has 0 aromatic heterocycles. The number of carbonyl (C=O) groups excluding carboxylic acids is 4. The van der Waals surface area contributed by atoms with E-state index < -0.39 is 32.7 Å². The highest BCUT2D eigenvalue weighted by atomic mass is 28.4. The van der Waals surface area contributed by atoms with E-state index >= 15 is 0 Å². The molecular formula is C11H16O8Si. The van der Waals surface area contributed by atoms with Gasteiger partial charge in [-0.25, -0.2) is 4.79 Å². The number of esters is 1. The molecule has 0 rings (SSSR count). The fourth-order valence-corrected chi connectivity index (χ4v) is 3.31. The summed E-state index contributed by atoms with van der Waals surface area (Å²) in [6.07, 6.45) is 0.937. The summed E-state index contributed by atoms with van der Waals surface area (Å²) in [6.45, 7) is 6.16. The highest BCUT2D eigenvalue weighted by Crippen LogP contribution is 2.17. The van der Waals surface area contributed by atoms with Gasteiger partial charge in [0.05, 0.1) is 12.7 Å². The van der Waals surface area contributed by atoms with Crippen LogP contribution in [0.25, 0.3) is 0 Å². The van der Waals surface area contributed by atoms with E-state index in [1.54, 1.807) is 0 Å². The molecule has 0 amide bonds. The Hall–Kier alpha value is -2.16. The highest BCUT2D eigenvalue weighted by Gasteiger charge is 2.51. The Kier molecular flexibility index (Phi) is 7.22. The minimum atomic E-state index is -3.92. The summed E-state index contributed by atoms with van der Waals surface area (Å²) in [5, 5.41) is 0. The van der Waals surface area contributed by atoms with E-state index in [1.807, 2.05) is 0 Å². The van der Waals surface area contributed by atoms with Crippen molar-refractivity contribution >= 4 is 32.7 Å². The molecule has 0 aromatic carbocycles. The monoisotopic (exact) mass is 304 g/mol. The van der Waals surface area contributed by atoms with Crippen LogP contribution < -0.4 is 0 Å². The highest BCUT2D eigenvalue weighted by molar-refractivity contribution is 6.65. The third-order valence-corrected chi connectivity index (χ3v) is 4.33. The van der Waals surface area contributed by atoms with Crippen LogP contribution in [0.3, 0.4) is 0 Å². The predicted molar refractivity (Wildman–Crippen MR) is 67.0 cm³/mol. The van der Waals surface area contributed by atoms with E-state index in [2.05, 4.69) is 6.58 Å². The zero-order valence-electron chi connectivity index (χ0n) is 11.5. The number of hydrogen-bond acceptors (Lipinski definition) is 8. The fraction of sp³-hybridized carbons (Fsp3) is 0.455. The standard InChI is InChI=1S/C11H16O8Si/c1-5-11(15)16-6-7-20(17-8(2)12,18-9(3)13)19-10(4)14/h5H,1,6-7H2,2-4H3. The molecule has 0 fully saturated rings. The van der Waals surface area contributed by atoms with Gasteiger partial charge in [-0.1, -0.05) is 6.58 Å². The van der Waals surface area contributed by atoms with Crippen molar-refractivity contribution in [3.8, 4) is 0 Å². The third kappa shape index (κ3) is 7.31. The summed E-state index contributed by atoms with van der Waals surface area (Å²) in [5.41, 5.74) is 0. The molecule has 20 heavy (non-hydrogen) atoms. The van der Waals surface area contributed by atoms with Gasteiger partial charge in [0.25, 0.3) is 17.9 Å². The van der Waals surface area contributed by atoms with Crippen molar-refractivity contribution < 1.29 is 37.2 Å². The molecule has 112 valence electrons. The van der Waals surface area contributed by atoms with Gasteiger partial charge in [0.1, 0.15) is 0 Å². The average molecular weight is 304 g/mol. The molecule has 0 bridgehead atoms. The number of rotatable bonds is 7. The van der Waals surface area contributed by atoms with E-state index in [-0.39, 0.29) is 12.7 Å². The van der Waals surface area contributed by atoms with E-state index in [0.717, 1.165) is 26.8 Å². The average Bonchev–Trinajstić information content (AvgIpc) is 2.25. The van der Waals surface area contributed by atoms with Crippen molar-refractivity contribution in [3.63, 3.8) is 0 Å². The molecule has 0 radical (unpaired) electrons. The third-order valence-electron chi connectivity index (χ3n) is 1.72. The lowest BCUT2D eigenvalue weighted by atomic mass is 10.6. The first-order valence-electron chi connectivity index (χ1n) is 5.58.